The van der Waals surface area contributed by atoms with E-state index in [4.69, 9.17) is 10.00 Å². The summed E-state index contributed by atoms with van der Waals surface area (Å²) in [4.78, 5) is 14.0. The van der Waals surface area contributed by atoms with E-state index in [0.717, 1.165) is 42.8 Å². The number of likely N-dealkylation sites (tertiary alicyclic amines) is 1. The molecular weight excluding hydrogens is 324 g/mol. The molecule has 1 saturated heterocycles. The van der Waals surface area contributed by atoms with E-state index in [1.54, 1.807) is 0 Å². The van der Waals surface area contributed by atoms with Gasteiger partial charge in [-0.2, -0.15) is 5.26 Å². The number of hydrogen-bond donors (Lipinski definition) is 0. The lowest BCUT2D eigenvalue weighted by atomic mass is 10.0. The Bertz CT molecular complexity index is 780. The number of amides is 1. The van der Waals surface area contributed by atoms with Crippen molar-refractivity contribution in [1.29, 1.82) is 5.26 Å². The van der Waals surface area contributed by atoms with E-state index in [0.29, 0.717) is 5.56 Å². The number of benzene rings is 2. The van der Waals surface area contributed by atoms with Crippen molar-refractivity contribution in [2.45, 2.75) is 32.8 Å². The third-order valence-electron chi connectivity index (χ3n) is 4.75. The quantitative estimate of drug-likeness (QED) is 0.830. The van der Waals surface area contributed by atoms with Gasteiger partial charge in [-0.3, -0.25) is 4.79 Å². The Morgan fingerprint density at radius 3 is 2.08 bits per heavy atom. The minimum Gasteiger partial charge on any atom is -0.490 e. The lowest BCUT2D eigenvalue weighted by molar-refractivity contribution is -0.136. The summed E-state index contributed by atoms with van der Waals surface area (Å²) >= 11 is 0. The summed E-state index contributed by atoms with van der Waals surface area (Å²) in [7, 11) is 0. The highest BCUT2D eigenvalue weighted by molar-refractivity contribution is 5.78. The average molecular weight is 348 g/mol. The van der Waals surface area contributed by atoms with Gasteiger partial charge < -0.3 is 9.64 Å². The average Bonchev–Trinajstić information content (AvgIpc) is 2.68. The normalized spacial score (nSPS) is 14.9. The molecule has 1 aliphatic heterocycles. The van der Waals surface area contributed by atoms with Gasteiger partial charge in [0.1, 0.15) is 11.9 Å². The Kier molecular flexibility index (Phi) is 5.58. The minimum absolute atomic E-state index is 0.0576. The van der Waals surface area contributed by atoms with Crippen molar-refractivity contribution in [1.82, 2.24) is 4.90 Å². The lowest BCUT2D eigenvalue weighted by Crippen LogP contribution is -2.43. The molecule has 0 unspecified atom stereocenters. The monoisotopic (exact) mass is 348 g/mol. The van der Waals surface area contributed by atoms with Gasteiger partial charge in [0.2, 0.25) is 5.91 Å². The minimum atomic E-state index is 0.0576. The van der Waals surface area contributed by atoms with Gasteiger partial charge >= 0.3 is 0 Å². The standard InChI is InChI=1S/C22H24N2O2/c1-16(2)22(25)24-13-11-21(12-14-24)26-20-9-7-19(8-10-20)18-5-3-17(15-23)4-6-18/h3-10,16,21H,11-14H2,1-2H3. The van der Waals surface area contributed by atoms with Gasteiger partial charge in [0, 0.05) is 31.8 Å². The first-order valence-corrected chi connectivity index (χ1v) is 9.13. The van der Waals surface area contributed by atoms with E-state index < -0.39 is 0 Å². The maximum absolute atomic E-state index is 12.0. The zero-order chi connectivity index (χ0) is 18.5. The van der Waals surface area contributed by atoms with Crippen LogP contribution in [0.2, 0.25) is 0 Å². The number of ether oxygens (including phenoxy) is 1. The van der Waals surface area contributed by atoms with Crippen molar-refractivity contribution >= 4 is 5.91 Å². The van der Waals surface area contributed by atoms with Crippen LogP contribution in [0, 0.1) is 17.2 Å². The molecule has 0 aliphatic carbocycles. The molecule has 0 atom stereocenters. The third kappa shape index (κ3) is 4.23. The molecule has 4 nitrogen and oxygen atoms in total. The van der Waals surface area contributed by atoms with Crippen LogP contribution < -0.4 is 4.74 Å². The fourth-order valence-corrected chi connectivity index (χ4v) is 3.21. The van der Waals surface area contributed by atoms with Gasteiger partial charge in [0.25, 0.3) is 0 Å². The predicted molar refractivity (Wildman–Crippen MR) is 102 cm³/mol. The van der Waals surface area contributed by atoms with Crippen molar-refractivity contribution in [3.05, 3.63) is 54.1 Å². The van der Waals surface area contributed by atoms with Crippen LogP contribution in [0.5, 0.6) is 5.75 Å². The van der Waals surface area contributed by atoms with Crippen LogP contribution >= 0.6 is 0 Å². The van der Waals surface area contributed by atoms with Crippen molar-refractivity contribution < 1.29 is 9.53 Å². The lowest BCUT2D eigenvalue weighted by Gasteiger charge is -2.33. The molecule has 0 aromatic heterocycles. The summed E-state index contributed by atoms with van der Waals surface area (Å²) in [5.74, 6) is 1.15. The summed E-state index contributed by atoms with van der Waals surface area (Å²) in [6, 6.07) is 17.7. The summed E-state index contributed by atoms with van der Waals surface area (Å²) in [5, 5.41) is 8.88. The van der Waals surface area contributed by atoms with Gasteiger partial charge in [0.15, 0.2) is 0 Å². The van der Waals surface area contributed by atoms with Crippen LogP contribution in [0.3, 0.4) is 0 Å². The maximum atomic E-state index is 12.0. The van der Waals surface area contributed by atoms with Crippen molar-refractivity contribution in [2.24, 2.45) is 5.92 Å². The molecular formula is C22H24N2O2. The van der Waals surface area contributed by atoms with Gasteiger partial charge in [0.05, 0.1) is 11.6 Å². The second-order valence-electron chi connectivity index (χ2n) is 7.01. The maximum Gasteiger partial charge on any atom is 0.225 e. The Hall–Kier alpha value is -2.80. The molecule has 1 aliphatic rings. The highest BCUT2D eigenvalue weighted by Crippen LogP contribution is 2.25. The molecule has 0 spiro atoms. The van der Waals surface area contributed by atoms with E-state index in [1.165, 1.54) is 0 Å². The van der Waals surface area contributed by atoms with Crippen molar-refractivity contribution in [2.75, 3.05) is 13.1 Å². The summed E-state index contributed by atoms with van der Waals surface area (Å²) in [5.41, 5.74) is 2.84. The summed E-state index contributed by atoms with van der Waals surface area (Å²) < 4.78 is 6.09. The fourth-order valence-electron chi connectivity index (χ4n) is 3.21. The van der Waals surface area contributed by atoms with Crippen LogP contribution in [-0.4, -0.2) is 30.0 Å². The molecule has 1 heterocycles. The fraction of sp³-hybridized carbons (Fsp3) is 0.364. The highest BCUT2D eigenvalue weighted by Gasteiger charge is 2.25. The summed E-state index contributed by atoms with van der Waals surface area (Å²) in [6.45, 7) is 5.43. The topological polar surface area (TPSA) is 53.3 Å². The molecule has 134 valence electrons. The number of rotatable bonds is 4. The Morgan fingerprint density at radius 2 is 1.58 bits per heavy atom. The SMILES string of the molecule is CC(C)C(=O)N1CCC(Oc2ccc(-c3ccc(C#N)cc3)cc2)CC1. The van der Waals surface area contributed by atoms with Crippen LogP contribution in [0.15, 0.2) is 48.5 Å². The molecule has 3 rings (SSSR count). The largest absolute Gasteiger partial charge is 0.490 e. The predicted octanol–water partition coefficient (Wildman–Crippen LogP) is 4.25. The Labute approximate surface area is 155 Å². The first-order valence-electron chi connectivity index (χ1n) is 9.13. The smallest absolute Gasteiger partial charge is 0.225 e. The van der Waals surface area contributed by atoms with Crippen LogP contribution in [0.4, 0.5) is 0 Å². The van der Waals surface area contributed by atoms with Gasteiger partial charge in [-0.1, -0.05) is 38.1 Å². The highest BCUT2D eigenvalue weighted by atomic mass is 16.5. The first kappa shape index (κ1) is 18.0. The zero-order valence-corrected chi connectivity index (χ0v) is 15.3. The molecule has 2 aromatic carbocycles. The summed E-state index contributed by atoms with van der Waals surface area (Å²) in [6.07, 6.45) is 1.90. The Morgan fingerprint density at radius 1 is 1.04 bits per heavy atom. The Balaban J connectivity index is 1.56. The van der Waals surface area contributed by atoms with E-state index in [2.05, 4.69) is 6.07 Å². The molecule has 0 bridgehead atoms. The first-order chi connectivity index (χ1) is 12.6. The van der Waals surface area contributed by atoms with Crippen molar-refractivity contribution in [3.63, 3.8) is 0 Å². The molecule has 0 radical (unpaired) electrons. The third-order valence-corrected chi connectivity index (χ3v) is 4.75. The number of piperidine rings is 1. The van der Waals surface area contributed by atoms with Crippen LogP contribution in [0.25, 0.3) is 11.1 Å². The number of carbonyl (C=O) groups is 1. The number of hydrogen-bond acceptors (Lipinski definition) is 3. The van der Waals surface area contributed by atoms with E-state index in [-0.39, 0.29) is 17.9 Å². The van der Waals surface area contributed by atoms with Crippen LogP contribution in [0.1, 0.15) is 32.3 Å². The molecule has 0 saturated carbocycles. The number of carbonyl (C=O) groups excluding carboxylic acids is 1. The van der Waals surface area contributed by atoms with Gasteiger partial charge in [-0.15, -0.1) is 0 Å². The van der Waals surface area contributed by atoms with Gasteiger partial charge in [-0.25, -0.2) is 0 Å². The van der Waals surface area contributed by atoms with E-state index >= 15 is 0 Å². The second-order valence-corrected chi connectivity index (χ2v) is 7.01. The van der Waals surface area contributed by atoms with Gasteiger partial charge in [-0.05, 0) is 35.4 Å². The van der Waals surface area contributed by atoms with E-state index in [1.807, 2.05) is 67.3 Å². The molecule has 26 heavy (non-hydrogen) atoms. The molecule has 1 amide bonds. The molecule has 4 heteroatoms. The van der Waals surface area contributed by atoms with Crippen molar-refractivity contribution in [3.8, 4) is 22.9 Å². The molecule has 1 fully saturated rings. The number of nitrogens with zero attached hydrogens (tertiary/aromatic N) is 2. The van der Waals surface area contributed by atoms with Crippen LogP contribution in [-0.2, 0) is 4.79 Å². The second kappa shape index (κ2) is 8.05. The molecule has 0 N–H and O–H groups in total. The molecule has 2 aromatic rings. The number of nitriles is 1. The van der Waals surface area contributed by atoms with E-state index in [9.17, 15) is 4.79 Å². The zero-order valence-electron chi connectivity index (χ0n) is 15.3.